The van der Waals surface area contributed by atoms with Crippen LogP contribution >= 0.6 is 0 Å². The Morgan fingerprint density at radius 1 is 1.13 bits per heavy atom. The number of hydrogen-bond donors (Lipinski definition) is 0. The Morgan fingerprint density at radius 3 is 2.33 bits per heavy atom. The molecule has 0 saturated heterocycles. The normalized spacial score (nSPS) is 19.4. The highest BCUT2D eigenvalue weighted by Crippen LogP contribution is 2.32. The highest BCUT2D eigenvalue weighted by Gasteiger charge is 2.25. The summed E-state index contributed by atoms with van der Waals surface area (Å²) in [6, 6.07) is 0. The average molecular weight is 208 g/mol. The van der Waals surface area contributed by atoms with Crippen LogP contribution in [0.2, 0.25) is 0 Å². The van der Waals surface area contributed by atoms with E-state index in [1.165, 1.54) is 32.1 Å². The molecule has 1 saturated carbocycles. The van der Waals surface area contributed by atoms with E-state index in [0.717, 1.165) is 11.7 Å². The van der Waals surface area contributed by atoms with Gasteiger partial charge in [0.2, 0.25) is 5.89 Å². The Labute approximate surface area is 91.3 Å². The summed E-state index contributed by atoms with van der Waals surface area (Å²) in [5.41, 5.74) is -0.0279. The van der Waals surface area contributed by atoms with E-state index in [0.29, 0.717) is 5.92 Å². The fourth-order valence-electron chi connectivity index (χ4n) is 2.07. The number of rotatable bonds is 1. The van der Waals surface area contributed by atoms with Crippen LogP contribution in [0.25, 0.3) is 0 Å². The van der Waals surface area contributed by atoms with Crippen LogP contribution in [0.1, 0.15) is 70.5 Å². The van der Waals surface area contributed by atoms with Crippen LogP contribution < -0.4 is 0 Å². The molecule has 0 spiro atoms. The molecule has 0 radical (unpaired) electrons. The lowest BCUT2D eigenvalue weighted by Gasteiger charge is -2.17. The Balaban J connectivity index is 2.12. The van der Waals surface area contributed by atoms with Gasteiger partial charge in [-0.1, -0.05) is 45.2 Å². The average Bonchev–Trinajstić information content (AvgIpc) is 2.67. The highest BCUT2D eigenvalue weighted by atomic mass is 16.5. The molecule has 1 aromatic rings. The molecule has 1 heterocycles. The van der Waals surface area contributed by atoms with E-state index in [2.05, 4.69) is 30.9 Å². The molecule has 0 aromatic carbocycles. The maximum Gasteiger partial charge on any atom is 0.232 e. The maximum absolute atomic E-state index is 5.32. The molecule has 0 unspecified atom stereocenters. The van der Waals surface area contributed by atoms with Crippen molar-refractivity contribution >= 4 is 0 Å². The van der Waals surface area contributed by atoms with Gasteiger partial charge >= 0.3 is 0 Å². The number of nitrogens with zero attached hydrogens (tertiary/aromatic N) is 2. The second-order valence-corrected chi connectivity index (χ2v) is 5.54. The Kier molecular flexibility index (Phi) is 2.81. The molecule has 3 nitrogen and oxygen atoms in total. The van der Waals surface area contributed by atoms with E-state index in [1.54, 1.807) is 0 Å². The predicted molar refractivity (Wildman–Crippen MR) is 58.8 cm³/mol. The topological polar surface area (TPSA) is 38.9 Å². The van der Waals surface area contributed by atoms with E-state index < -0.39 is 0 Å². The zero-order valence-corrected chi connectivity index (χ0v) is 9.92. The van der Waals surface area contributed by atoms with Crippen molar-refractivity contribution in [1.82, 2.24) is 10.1 Å². The van der Waals surface area contributed by atoms with Crippen LogP contribution in [0.3, 0.4) is 0 Å². The van der Waals surface area contributed by atoms with E-state index >= 15 is 0 Å². The standard InChI is InChI=1S/C12H20N2O/c1-12(2,3)11-13-10(14-15-11)9-7-5-4-6-8-9/h9H,4-8H2,1-3H3. The minimum absolute atomic E-state index is 0.0279. The van der Waals surface area contributed by atoms with Crippen molar-refractivity contribution < 1.29 is 4.52 Å². The molecule has 1 aromatic heterocycles. The zero-order valence-electron chi connectivity index (χ0n) is 9.92. The molecule has 15 heavy (non-hydrogen) atoms. The molecule has 1 aliphatic rings. The summed E-state index contributed by atoms with van der Waals surface area (Å²) in [6.07, 6.45) is 6.43. The molecule has 2 rings (SSSR count). The van der Waals surface area contributed by atoms with Gasteiger partial charge in [0.25, 0.3) is 0 Å². The van der Waals surface area contributed by atoms with E-state index in [9.17, 15) is 0 Å². The minimum atomic E-state index is -0.0279. The first-order valence-corrected chi connectivity index (χ1v) is 5.91. The molecule has 1 fully saturated rings. The fraction of sp³-hybridized carbons (Fsp3) is 0.833. The molecule has 0 N–H and O–H groups in total. The van der Waals surface area contributed by atoms with Crippen LogP contribution in [0, 0.1) is 0 Å². The second kappa shape index (κ2) is 3.95. The third-order valence-corrected chi connectivity index (χ3v) is 3.05. The molecule has 0 bridgehead atoms. The Morgan fingerprint density at radius 2 is 1.80 bits per heavy atom. The first-order chi connectivity index (χ1) is 7.07. The monoisotopic (exact) mass is 208 g/mol. The first-order valence-electron chi connectivity index (χ1n) is 5.91. The smallest absolute Gasteiger partial charge is 0.232 e. The van der Waals surface area contributed by atoms with Gasteiger partial charge in [-0.2, -0.15) is 4.98 Å². The zero-order chi connectivity index (χ0) is 10.9. The van der Waals surface area contributed by atoms with Crippen LogP contribution in [-0.2, 0) is 5.41 Å². The van der Waals surface area contributed by atoms with Crippen LogP contribution in [0.15, 0.2) is 4.52 Å². The summed E-state index contributed by atoms with van der Waals surface area (Å²) in [6.45, 7) is 6.31. The van der Waals surface area contributed by atoms with Crippen molar-refractivity contribution in [3.05, 3.63) is 11.7 Å². The lowest BCUT2D eigenvalue weighted by molar-refractivity contribution is 0.313. The highest BCUT2D eigenvalue weighted by molar-refractivity contribution is 5.02. The molecule has 0 amide bonds. The Hall–Kier alpha value is -0.860. The van der Waals surface area contributed by atoms with Crippen molar-refractivity contribution in [2.45, 2.75) is 64.2 Å². The first kappa shape index (κ1) is 10.7. The number of aromatic nitrogens is 2. The second-order valence-electron chi connectivity index (χ2n) is 5.54. The fourth-order valence-corrected chi connectivity index (χ4v) is 2.07. The van der Waals surface area contributed by atoms with Gasteiger partial charge in [-0.25, -0.2) is 0 Å². The van der Waals surface area contributed by atoms with Crippen molar-refractivity contribution in [3.63, 3.8) is 0 Å². The van der Waals surface area contributed by atoms with Gasteiger partial charge < -0.3 is 4.52 Å². The Bertz CT molecular complexity index is 319. The predicted octanol–water partition coefficient (Wildman–Crippen LogP) is 3.41. The molecule has 3 heteroatoms. The van der Waals surface area contributed by atoms with E-state index in [1.807, 2.05) is 0 Å². The molecular weight excluding hydrogens is 188 g/mol. The third-order valence-electron chi connectivity index (χ3n) is 3.05. The summed E-state index contributed by atoms with van der Waals surface area (Å²) in [5.74, 6) is 2.24. The maximum atomic E-state index is 5.32. The van der Waals surface area contributed by atoms with Crippen molar-refractivity contribution in [2.75, 3.05) is 0 Å². The SMILES string of the molecule is CC(C)(C)c1nc(C2CCCCC2)no1. The summed E-state index contributed by atoms with van der Waals surface area (Å²) >= 11 is 0. The summed E-state index contributed by atoms with van der Waals surface area (Å²) in [7, 11) is 0. The molecule has 0 atom stereocenters. The lowest BCUT2D eigenvalue weighted by atomic mass is 9.89. The van der Waals surface area contributed by atoms with Crippen molar-refractivity contribution in [1.29, 1.82) is 0 Å². The quantitative estimate of drug-likeness (QED) is 0.710. The van der Waals surface area contributed by atoms with Gasteiger partial charge in [0.05, 0.1) is 0 Å². The van der Waals surface area contributed by atoms with Gasteiger partial charge in [0, 0.05) is 11.3 Å². The largest absolute Gasteiger partial charge is 0.339 e. The molecule has 0 aliphatic heterocycles. The molecule has 1 aliphatic carbocycles. The summed E-state index contributed by atoms with van der Waals surface area (Å²) in [4.78, 5) is 4.53. The third kappa shape index (κ3) is 2.39. The van der Waals surface area contributed by atoms with Crippen LogP contribution in [-0.4, -0.2) is 10.1 Å². The molecule has 84 valence electrons. The summed E-state index contributed by atoms with van der Waals surface area (Å²) in [5, 5.41) is 4.12. The van der Waals surface area contributed by atoms with E-state index in [-0.39, 0.29) is 5.41 Å². The molecular formula is C12H20N2O. The summed E-state index contributed by atoms with van der Waals surface area (Å²) < 4.78 is 5.32. The van der Waals surface area contributed by atoms with Gasteiger partial charge in [-0.15, -0.1) is 0 Å². The van der Waals surface area contributed by atoms with Crippen molar-refractivity contribution in [2.24, 2.45) is 0 Å². The van der Waals surface area contributed by atoms with Gasteiger partial charge in [-0.3, -0.25) is 0 Å². The lowest BCUT2D eigenvalue weighted by Crippen LogP contribution is -2.12. The van der Waals surface area contributed by atoms with Gasteiger partial charge in [-0.05, 0) is 12.8 Å². The van der Waals surface area contributed by atoms with Crippen LogP contribution in [0.4, 0.5) is 0 Å². The number of hydrogen-bond acceptors (Lipinski definition) is 3. The van der Waals surface area contributed by atoms with Crippen LogP contribution in [0.5, 0.6) is 0 Å². The van der Waals surface area contributed by atoms with Gasteiger partial charge in [0.1, 0.15) is 0 Å². The minimum Gasteiger partial charge on any atom is -0.339 e. The van der Waals surface area contributed by atoms with Gasteiger partial charge in [0.15, 0.2) is 5.82 Å². The van der Waals surface area contributed by atoms with Crippen molar-refractivity contribution in [3.8, 4) is 0 Å². The van der Waals surface area contributed by atoms with E-state index in [4.69, 9.17) is 4.52 Å².